The molecule has 0 saturated heterocycles. The lowest BCUT2D eigenvalue weighted by Gasteiger charge is -2.30. The van der Waals surface area contributed by atoms with Gasteiger partial charge in [0, 0.05) is 44.0 Å². The fourth-order valence-electron chi connectivity index (χ4n) is 10.5. The van der Waals surface area contributed by atoms with Crippen molar-refractivity contribution >= 4 is 71.6 Å². The number of nitrogens with zero attached hydrogens (tertiary/aromatic N) is 2. The number of benzene rings is 9. The van der Waals surface area contributed by atoms with Crippen LogP contribution in [0.2, 0.25) is 0 Å². The second-order valence-electron chi connectivity index (χ2n) is 16.6. The minimum absolute atomic E-state index is 0.567. The van der Waals surface area contributed by atoms with Crippen LogP contribution in [0.15, 0.2) is 205 Å². The van der Waals surface area contributed by atoms with E-state index in [1.165, 1.54) is 81.4 Å². The van der Waals surface area contributed by atoms with Gasteiger partial charge < -0.3 is 13.9 Å². The molecular formula is C58H44N2O. The maximum atomic E-state index is 6.62. The molecule has 0 atom stereocenters. The first-order chi connectivity index (χ1) is 30.3. The molecule has 0 bridgehead atoms. The van der Waals surface area contributed by atoms with Crippen molar-refractivity contribution in [1.29, 1.82) is 0 Å². The van der Waals surface area contributed by atoms with Gasteiger partial charge in [0.15, 0.2) is 0 Å². The van der Waals surface area contributed by atoms with Gasteiger partial charge in [0.05, 0.1) is 22.4 Å². The van der Waals surface area contributed by atoms with E-state index in [4.69, 9.17) is 4.42 Å². The van der Waals surface area contributed by atoms with Crippen LogP contribution in [-0.4, -0.2) is 4.57 Å². The van der Waals surface area contributed by atoms with Gasteiger partial charge in [-0.3, -0.25) is 0 Å². The van der Waals surface area contributed by atoms with Crippen molar-refractivity contribution < 1.29 is 4.42 Å². The molecule has 2 aromatic heterocycles. The third-order valence-electron chi connectivity index (χ3n) is 13.2. The minimum Gasteiger partial charge on any atom is -0.455 e. The molecule has 9 aromatic carbocycles. The normalized spacial score (nSPS) is 13.5. The van der Waals surface area contributed by atoms with Crippen molar-refractivity contribution in [2.45, 2.75) is 38.0 Å². The lowest BCUT2D eigenvalue weighted by Crippen LogP contribution is -2.12. The average molecular weight is 785 g/mol. The van der Waals surface area contributed by atoms with E-state index >= 15 is 0 Å². The number of hydrogen-bond acceptors (Lipinski definition) is 2. The summed E-state index contributed by atoms with van der Waals surface area (Å²) in [5.41, 5.74) is 14.8. The molecule has 12 rings (SSSR count). The van der Waals surface area contributed by atoms with E-state index in [0.717, 1.165) is 55.8 Å². The lowest BCUT2D eigenvalue weighted by atomic mass is 9.80. The number of furan rings is 1. The highest BCUT2D eigenvalue weighted by molar-refractivity contribution is 6.17. The van der Waals surface area contributed by atoms with Crippen molar-refractivity contribution in [3.8, 4) is 27.9 Å². The van der Waals surface area contributed by atoms with Gasteiger partial charge in [-0.15, -0.1) is 0 Å². The first-order valence-corrected chi connectivity index (χ1v) is 21.8. The Labute approximate surface area is 355 Å². The summed E-state index contributed by atoms with van der Waals surface area (Å²) in [7, 11) is 0. The van der Waals surface area contributed by atoms with Gasteiger partial charge >= 0.3 is 0 Å². The van der Waals surface area contributed by atoms with Gasteiger partial charge in [0.25, 0.3) is 0 Å². The smallest absolute Gasteiger partial charge is 0.143 e. The fourth-order valence-corrected chi connectivity index (χ4v) is 10.5. The molecule has 0 N–H and O–H groups in total. The summed E-state index contributed by atoms with van der Waals surface area (Å²) < 4.78 is 9.04. The largest absolute Gasteiger partial charge is 0.455 e. The molecule has 3 nitrogen and oxygen atoms in total. The minimum atomic E-state index is 0.567. The Bertz CT molecular complexity index is 3420. The zero-order valence-electron chi connectivity index (χ0n) is 34.0. The van der Waals surface area contributed by atoms with Gasteiger partial charge in [0.1, 0.15) is 11.2 Å². The molecule has 11 aromatic rings. The van der Waals surface area contributed by atoms with Gasteiger partial charge in [-0.05, 0) is 101 Å². The summed E-state index contributed by atoms with van der Waals surface area (Å²) in [4.78, 5) is 2.52. The van der Waals surface area contributed by atoms with Crippen LogP contribution in [0.3, 0.4) is 0 Å². The van der Waals surface area contributed by atoms with Gasteiger partial charge in [0.2, 0.25) is 0 Å². The van der Waals surface area contributed by atoms with E-state index in [9.17, 15) is 0 Å². The van der Waals surface area contributed by atoms with Crippen LogP contribution in [0.4, 0.5) is 17.1 Å². The van der Waals surface area contributed by atoms with Crippen LogP contribution in [-0.2, 0) is 0 Å². The van der Waals surface area contributed by atoms with Gasteiger partial charge in [-0.25, -0.2) is 0 Å². The van der Waals surface area contributed by atoms with Gasteiger partial charge in [-0.2, -0.15) is 0 Å². The number of hydrogen-bond donors (Lipinski definition) is 0. The number of para-hydroxylation sites is 5. The molecule has 292 valence electrons. The Balaban J connectivity index is 1.14. The molecule has 0 radical (unpaired) electrons. The van der Waals surface area contributed by atoms with Crippen LogP contribution in [0.25, 0.3) is 82.5 Å². The molecule has 1 saturated carbocycles. The number of aromatic nitrogens is 1. The summed E-state index contributed by atoms with van der Waals surface area (Å²) in [5, 5.41) is 7.37. The molecule has 3 heteroatoms. The third kappa shape index (κ3) is 5.87. The molecule has 1 aliphatic rings. The molecule has 2 heterocycles. The fraction of sp³-hybridized carbons (Fsp3) is 0.103. The Morgan fingerprint density at radius 1 is 0.459 bits per heavy atom. The second kappa shape index (κ2) is 14.7. The molecular weight excluding hydrogens is 741 g/mol. The number of rotatable bonds is 7. The standard InChI is InChI=1S/C58H44N2O/c1-3-18-39(19-4-1)44-29-14-20-40-21-15-31-48(56(40)44)46-26-7-10-33-51(46)60(43-25-13-22-41(38-43)45-30-16-32-49-47-27-9-12-37-55(47)61-58(45)49)54-36-17-35-53-57(54)50-28-8-11-34-52(50)59(53)42-23-5-2-6-24-42/h2,5-17,20-39H,1,3-4,18-19H2. The highest BCUT2D eigenvalue weighted by Gasteiger charge is 2.26. The van der Waals surface area contributed by atoms with Crippen LogP contribution in [0.5, 0.6) is 0 Å². The van der Waals surface area contributed by atoms with Crippen LogP contribution in [0.1, 0.15) is 43.6 Å². The number of fused-ring (bicyclic) bond motifs is 7. The average Bonchev–Trinajstić information content (AvgIpc) is 3.89. The first kappa shape index (κ1) is 35.6. The van der Waals surface area contributed by atoms with Crippen LogP contribution in [0, 0.1) is 0 Å². The monoisotopic (exact) mass is 784 g/mol. The van der Waals surface area contributed by atoms with E-state index < -0.39 is 0 Å². The highest BCUT2D eigenvalue weighted by atomic mass is 16.3. The van der Waals surface area contributed by atoms with E-state index in [1.54, 1.807) is 0 Å². The quantitative estimate of drug-likeness (QED) is 0.161. The first-order valence-electron chi connectivity index (χ1n) is 21.8. The SMILES string of the molecule is c1ccc(-n2c3ccccc3c3c(N(c4cccc(-c5cccc6c5oc5ccccc56)c4)c4ccccc4-c4cccc5cccc(C6CCCCC6)c45)cccc32)cc1. The van der Waals surface area contributed by atoms with Crippen LogP contribution < -0.4 is 4.90 Å². The van der Waals surface area contributed by atoms with Gasteiger partial charge in [-0.1, -0.05) is 165 Å². The van der Waals surface area contributed by atoms with E-state index in [2.05, 4.69) is 204 Å². The zero-order chi connectivity index (χ0) is 40.3. The Morgan fingerprint density at radius 3 is 2.02 bits per heavy atom. The summed E-state index contributed by atoms with van der Waals surface area (Å²) >= 11 is 0. The summed E-state index contributed by atoms with van der Waals surface area (Å²) in [6.45, 7) is 0. The zero-order valence-corrected chi connectivity index (χ0v) is 34.0. The van der Waals surface area contributed by atoms with Crippen molar-refractivity contribution in [2.75, 3.05) is 4.90 Å². The summed E-state index contributed by atoms with van der Waals surface area (Å²) in [6, 6.07) is 73.3. The van der Waals surface area contributed by atoms with Crippen LogP contribution >= 0.6 is 0 Å². The second-order valence-corrected chi connectivity index (χ2v) is 16.6. The van der Waals surface area contributed by atoms with Crippen molar-refractivity contribution in [3.63, 3.8) is 0 Å². The van der Waals surface area contributed by atoms with Crippen molar-refractivity contribution in [1.82, 2.24) is 4.57 Å². The maximum Gasteiger partial charge on any atom is 0.143 e. The molecule has 1 aliphatic carbocycles. The molecule has 0 amide bonds. The summed E-state index contributed by atoms with van der Waals surface area (Å²) in [5.74, 6) is 0.567. The molecule has 1 fully saturated rings. The Hall–Kier alpha value is -7.36. The third-order valence-corrected chi connectivity index (χ3v) is 13.2. The van der Waals surface area contributed by atoms with Crippen molar-refractivity contribution in [3.05, 3.63) is 206 Å². The topological polar surface area (TPSA) is 21.3 Å². The van der Waals surface area contributed by atoms with E-state index in [1.807, 2.05) is 6.07 Å². The highest BCUT2D eigenvalue weighted by Crippen LogP contribution is 2.49. The van der Waals surface area contributed by atoms with E-state index in [0.29, 0.717) is 5.92 Å². The predicted molar refractivity (Wildman–Crippen MR) is 257 cm³/mol. The molecule has 0 spiro atoms. The molecule has 0 unspecified atom stereocenters. The van der Waals surface area contributed by atoms with Crippen molar-refractivity contribution in [2.24, 2.45) is 0 Å². The Morgan fingerprint density at radius 2 is 1.11 bits per heavy atom. The summed E-state index contributed by atoms with van der Waals surface area (Å²) in [6.07, 6.45) is 6.43. The number of anilines is 3. The predicted octanol–water partition coefficient (Wildman–Crippen LogP) is 16.7. The van der Waals surface area contributed by atoms with E-state index in [-0.39, 0.29) is 0 Å². The molecule has 0 aliphatic heterocycles. The lowest BCUT2D eigenvalue weighted by molar-refractivity contribution is 0.445. The Kier molecular flexibility index (Phi) is 8.59. The molecule has 61 heavy (non-hydrogen) atoms. The maximum absolute atomic E-state index is 6.62.